The predicted molar refractivity (Wildman–Crippen MR) is 60.0 cm³/mol. The first-order valence-electron chi connectivity index (χ1n) is 5.52. The van der Waals surface area contributed by atoms with Gasteiger partial charge in [-0.15, -0.1) is 5.10 Å². The Morgan fingerprint density at radius 1 is 1.40 bits per heavy atom. The first-order valence-corrected chi connectivity index (χ1v) is 5.52. The molecule has 0 saturated heterocycles. The fraction of sp³-hybridized carbons (Fsp3) is 0.818. The maximum atomic E-state index is 10.00. The number of aromatic hydroxyl groups is 1. The van der Waals surface area contributed by atoms with Crippen molar-refractivity contribution < 1.29 is 5.11 Å². The van der Waals surface area contributed by atoms with Crippen LogP contribution in [0, 0.1) is 0 Å². The minimum Gasteiger partial charge on any atom is -0.492 e. The van der Waals surface area contributed by atoms with E-state index in [0.717, 1.165) is 12.8 Å². The van der Waals surface area contributed by atoms with Gasteiger partial charge in [0.05, 0.1) is 6.04 Å². The lowest BCUT2D eigenvalue weighted by molar-refractivity contribution is 0.345. The zero-order valence-corrected chi connectivity index (χ0v) is 10.3. The van der Waals surface area contributed by atoms with Gasteiger partial charge in [-0.25, -0.2) is 4.68 Å². The van der Waals surface area contributed by atoms with Gasteiger partial charge < -0.3 is 5.11 Å². The lowest BCUT2D eigenvalue weighted by atomic mass is 9.92. The molecule has 0 radical (unpaired) electrons. The van der Waals surface area contributed by atoms with Crippen molar-refractivity contribution in [1.29, 1.82) is 0 Å². The van der Waals surface area contributed by atoms with Crippen LogP contribution in [0.15, 0.2) is 0 Å². The van der Waals surface area contributed by atoms with Crippen molar-refractivity contribution in [2.75, 3.05) is 0 Å². The molecule has 0 aliphatic carbocycles. The molecule has 0 fully saturated rings. The van der Waals surface area contributed by atoms with E-state index in [9.17, 15) is 5.11 Å². The molecule has 0 spiro atoms. The van der Waals surface area contributed by atoms with Crippen LogP contribution in [-0.2, 0) is 5.41 Å². The summed E-state index contributed by atoms with van der Waals surface area (Å²) in [5.74, 6) is 0.212. The molecular weight excluding hydrogens is 190 g/mol. The Bertz CT molecular complexity index is 325. The summed E-state index contributed by atoms with van der Waals surface area (Å²) in [7, 11) is 0. The molecule has 1 aromatic heterocycles. The first kappa shape index (κ1) is 12.0. The van der Waals surface area contributed by atoms with Crippen LogP contribution in [0.2, 0.25) is 0 Å². The summed E-state index contributed by atoms with van der Waals surface area (Å²) in [5, 5.41) is 18.1. The molecule has 1 N–H and O–H groups in total. The third kappa shape index (κ3) is 2.49. The molecule has 1 aromatic rings. The van der Waals surface area contributed by atoms with E-state index in [1.807, 2.05) is 27.7 Å². The standard InChI is InChI=1S/C11H21N3O/c1-6-7-8(2)14-10(15)9(12-13-14)11(3,4)5/h8,15H,6-7H2,1-5H3. The SMILES string of the molecule is CCCC(C)n1nnc(C(C)(C)C)c1O. The largest absolute Gasteiger partial charge is 0.492 e. The molecule has 0 aromatic carbocycles. The van der Waals surface area contributed by atoms with Gasteiger partial charge in [0.1, 0.15) is 5.69 Å². The van der Waals surface area contributed by atoms with Gasteiger partial charge in [0.15, 0.2) is 0 Å². The van der Waals surface area contributed by atoms with Crippen molar-refractivity contribution in [2.24, 2.45) is 0 Å². The van der Waals surface area contributed by atoms with Crippen LogP contribution in [0.25, 0.3) is 0 Å². The van der Waals surface area contributed by atoms with Crippen molar-refractivity contribution in [1.82, 2.24) is 15.0 Å². The van der Waals surface area contributed by atoms with Gasteiger partial charge >= 0.3 is 0 Å². The first-order chi connectivity index (χ1) is 6.88. The molecule has 86 valence electrons. The summed E-state index contributed by atoms with van der Waals surface area (Å²) in [5.41, 5.74) is 0.513. The Labute approximate surface area is 91.3 Å². The van der Waals surface area contributed by atoms with Crippen LogP contribution in [0.4, 0.5) is 0 Å². The Hall–Kier alpha value is -1.06. The minimum absolute atomic E-state index is 0.158. The van der Waals surface area contributed by atoms with E-state index in [1.165, 1.54) is 0 Å². The minimum atomic E-state index is -0.158. The van der Waals surface area contributed by atoms with Crippen LogP contribution in [-0.4, -0.2) is 20.1 Å². The van der Waals surface area contributed by atoms with Crippen molar-refractivity contribution in [3.8, 4) is 5.88 Å². The molecule has 1 unspecified atom stereocenters. The van der Waals surface area contributed by atoms with Crippen LogP contribution < -0.4 is 0 Å². The van der Waals surface area contributed by atoms with Crippen LogP contribution in [0.1, 0.15) is 59.2 Å². The van der Waals surface area contributed by atoms with E-state index in [2.05, 4.69) is 17.2 Å². The third-order valence-corrected chi connectivity index (χ3v) is 2.50. The molecule has 0 amide bonds. The lowest BCUT2D eigenvalue weighted by Crippen LogP contribution is -2.12. The molecular formula is C11H21N3O. The Morgan fingerprint density at radius 2 is 2.00 bits per heavy atom. The highest BCUT2D eigenvalue weighted by molar-refractivity contribution is 5.23. The summed E-state index contributed by atoms with van der Waals surface area (Å²) in [6.07, 6.45) is 2.08. The van der Waals surface area contributed by atoms with Gasteiger partial charge in [-0.1, -0.05) is 39.3 Å². The summed E-state index contributed by atoms with van der Waals surface area (Å²) in [4.78, 5) is 0. The highest BCUT2D eigenvalue weighted by Crippen LogP contribution is 2.30. The highest BCUT2D eigenvalue weighted by Gasteiger charge is 2.25. The summed E-state index contributed by atoms with van der Waals surface area (Å²) in [6.45, 7) is 10.2. The Balaban J connectivity index is 2.99. The fourth-order valence-electron chi connectivity index (χ4n) is 1.61. The maximum absolute atomic E-state index is 10.00. The molecule has 1 rings (SSSR count). The Kier molecular flexibility index (Phi) is 3.37. The number of rotatable bonds is 3. The molecule has 1 heterocycles. The Morgan fingerprint density at radius 3 is 2.40 bits per heavy atom. The second-order valence-electron chi connectivity index (χ2n) is 5.09. The maximum Gasteiger partial charge on any atom is 0.234 e. The van der Waals surface area contributed by atoms with Crippen molar-refractivity contribution in [3.63, 3.8) is 0 Å². The summed E-state index contributed by atoms with van der Waals surface area (Å²) < 4.78 is 1.62. The van der Waals surface area contributed by atoms with Crippen LogP contribution in [0.3, 0.4) is 0 Å². The van der Waals surface area contributed by atoms with Gasteiger partial charge in [-0.2, -0.15) is 0 Å². The summed E-state index contributed by atoms with van der Waals surface area (Å²) >= 11 is 0. The number of nitrogens with zero attached hydrogens (tertiary/aromatic N) is 3. The van der Waals surface area contributed by atoms with Crippen LogP contribution >= 0.6 is 0 Å². The predicted octanol–water partition coefficient (Wildman–Crippen LogP) is 2.64. The molecule has 0 saturated carbocycles. The molecule has 0 aliphatic heterocycles. The summed E-state index contributed by atoms with van der Waals surface area (Å²) in [6, 6.07) is 0.207. The average Bonchev–Trinajstić information content (AvgIpc) is 2.46. The zero-order chi connectivity index (χ0) is 11.6. The highest BCUT2D eigenvalue weighted by atomic mass is 16.3. The van der Waals surface area contributed by atoms with Gasteiger partial charge in [-0.3, -0.25) is 0 Å². The topological polar surface area (TPSA) is 50.9 Å². The smallest absolute Gasteiger partial charge is 0.234 e. The quantitative estimate of drug-likeness (QED) is 0.836. The second-order valence-corrected chi connectivity index (χ2v) is 5.09. The molecule has 0 aliphatic rings. The van der Waals surface area contributed by atoms with Gasteiger partial charge in [0.2, 0.25) is 5.88 Å². The molecule has 4 nitrogen and oxygen atoms in total. The van der Waals surface area contributed by atoms with E-state index in [-0.39, 0.29) is 17.3 Å². The lowest BCUT2D eigenvalue weighted by Gasteiger charge is -2.16. The number of hydrogen-bond donors (Lipinski definition) is 1. The average molecular weight is 211 g/mol. The van der Waals surface area contributed by atoms with Gasteiger partial charge in [-0.05, 0) is 13.3 Å². The van der Waals surface area contributed by atoms with Crippen LogP contribution in [0.5, 0.6) is 5.88 Å². The van der Waals surface area contributed by atoms with Crippen molar-refractivity contribution in [3.05, 3.63) is 5.69 Å². The van der Waals surface area contributed by atoms with E-state index in [0.29, 0.717) is 5.69 Å². The van der Waals surface area contributed by atoms with Crippen molar-refractivity contribution in [2.45, 2.75) is 58.9 Å². The van der Waals surface area contributed by atoms with Gasteiger partial charge in [0, 0.05) is 5.41 Å². The van der Waals surface area contributed by atoms with E-state index >= 15 is 0 Å². The molecule has 4 heteroatoms. The van der Waals surface area contributed by atoms with E-state index < -0.39 is 0 Å². The van der Waals surface area contributed by atoms with Crippen molar-refractivity contribution >= 4 is 0 Å². The monoisotopic (exact) mass is 211 g/mol. The van der Waals surface area contributed by atoms with E-state index in [1.54, 1.807) is 4.68 Å². The third-order valence-electron chi connectivity index (χ3n) is 2.50. The normalized spacial score (nSPS) is 14.2. The fourth-order valence-corrected chi connectivity index (χ4v) is 1.61. The molecule has 0 bridgehead atoms. The van der Waals surface area contributed by atoms with E-state index in [4.69, 9.17) is 0 Å². The molecule has 1 atom stereocenters. The second kappa shape index (κ2) is 4.21. The number of aromatic nitrogens is 3. The zero-order valence-electron chi connectivity index (χ0n) is 10.3. The van der Waals surface area contributed by atoms with Gasteiger partial charge in [0.25, 0.3) is 0 Å². The number of hydrogen-bond acceptors (Lipinski definition) is 3. The molecule has 15 heavy (non-hydrogen) atoms.